The summed E-state index contributed by atoms with van der Waals surface area (Å²) in [4.78, 5) is 18.5. The number of carbonyl (C=O) groups is 1. The standard InChI is InChI=1S/C18H22N2O3/c21-16(17-6-3-11-23-17)12-15-5-2-10-20(15)18(22)8-7-14-4-1-9-19-13-14/h1,3-4,6,9,11,13,15-16,21H,2,5,7-8,10,12H2. The number of hydrogen-bond acceptors (Lipinski definition) is 4. The number of nitrogens with zero attached hydrogens (tertiary/aromatic N) is 2. The number of likely N-dealkylation sites (tertiary alicyclic amines) is 1. The number of aliphatic hydroxyl groups is 1. The van der Waals surface area contributed by atoms with Crippen LogP contribution in [-0.2, 0) is 11.2 Å². The van der Waals surface area contributed by atoms with Gasteiger partial charge in [0.1, 0.15) is 11.9 Å². The lowest BCUT2D eigenvalue weighted by Crippen LogP contribution is -2.36. The van der Waals surface area contributed by atoms with Gasteiger partial charge >= 0.3 is 0 Å². The van der Waals surface area contributed by atoms with E-state index < -0.39 is 6.10 Å². The molecule has 2 aromatic rings. The van der Waals surface area contributed by atoms with Crippen molar-refractivity contribution in [1.82, 2.24) is 9.88 Å². The lowest BCUT2D eigenvalue weighted by atomic mass is 10.0. The van der Waals surface area contributed by atoms with Gasteiger partial charge in [0.2, 0.25) is 5.91 Å². The molecule has 1 fully saturated rings. The summed E-state index contributed by atoms with van der Waals surface area (Å²) < 4.78 is 5.25. The van der Waals surface area contributed by atoms with Crippen LogP contribution in [0.1, 0.15) is 43.1 Å². The molecule has 1 amide bonds. The van der Waals surface area contributed by atoms with Gasteiger partial charge in [-0.1, -0.05) is 6.07 Å². The summed E-state index contributed by atoms with van der Waals surface area (Å²) in [6, 6.07) is 7.51. The van der Waals surface area contributed by atoms with E-state index in [0.717, 1.165) is 24.9 Å². The van der Waals surface area contributed by atoms with Crippen LogP contribution in [0.15, 0.2) is 47.3 Å². The van der Waals surface area contributed by atoms with Crippen molar-refractivity contribution in [1.29, 1.82) is 0 Å². The average Bonchev–Trinajstić information content (AvgIpc) is 3.25. The summed E-state index contributed by atoms with van der Waals surface area (Å²) in [6.07, 6.45) is 8.10. The number of aliphatic hydroxyl groups excluding tert-OH is 1. The summed E-state index contributed by atoms with van der Waals surface area (Å²) in [6.45, 7) is 0.779. The second-order valence-electron chi connectivity index (χ2n) is 6.01. The van der Waals surface area contributed by atoms with Crippen LogP contribution in [-0.4, -0.2) is 33.5 Å². The third-order valence-electron chi connectivity index (χ3n) is 4.41. The van der Waals surface area contributed by atoms with Gasteiger partial charge in [-0.2, -0.15) is 0 Å². The molecule has 2 unspecified atom stereocenters. The van der Waals surface area contributed by atoms with Crippen LogP contribution in [0.2, 0.25) is 0 Å². The van der Waals surface area contributed by atoms with Crippen molar-refractivity contribution < 1.29 is 14.3 Å². The van der Waals surface area contributed by atoms with Crippen molar-refractivity contribution in [3.8, 4) is 0 Å². The lowest BCUT2D eigenvalue weighted by molar-refractivity contribution is -0.132. The Kier molecular flexibility index (Phi) is 5.08. The van der Waals surface area contributed by atoms with Crippen molar-refractivity contribution in [3.63, 3.8) is 0 Å². The first kappa shape index (κ1) is 15.7. The molecule has 2 aromatic heterocycles. The Hall–Kier alpha value is -2.14. The summed E-state index contributed by atoms with van der Waals surface area (Å²) in [5.74, 6) is 0.725. The van der Waals surface area contributed by atoms with Gasteiger partial charge in [-0.15, -0.1) is 0 Å². The van der Waals surface area contributed by atoms with Crippen molar-refractivity contribution in [2.24, 2.45) is 0 Å². The minimum Gasteiger partial charge on any atom is -0.467 e. The molecule has 1 aliphatic rings. The van der Waals surface area contributed by atoms with E-state index in [1.54, 1.807) is 30.8 Å². The highest BCUT2D eigenvalue weighted by Gasteiger charge is 2.30. The molecular weight excluding hydrogens is 292 g/mol. The number of aromatic nitrogens is 1. The van der Waals surface area contributed by atoms with E-state index in [1.807, 2.05) is 17.0 Å². The van der Waals surface area contributed by atoms with Gasteiger partial charge in [-0.25, -0.2) is 0 Å². The van der Waals surface area contributed by atoms with Gasteiger partial charge in [0, 0.05) is 37.8 Å². The van der Waals surface area contributed by atoms with E-state index in [2.05, 4.69) is 4.98 Å². The Balaban J connectivity index is 1.54. The summed E-state index contributed by atoms with van der Waals surface area (Å²) in [5, 5.41) is 10.2. The van der Waals surface area contributed by atoms with Crippen LogP contribution in [0.25, 0.3) is 0 Å². The number of pyridine rings is 1. The molecule has 2 atom stereocenters. The normalized spacial score (nSPS) is 19.0. The zero-order chi connectivity index (χ0) is 16.1. The Morgan fingerprint density at radius 2 is 2.35 bits per heavy atom. The Morgan fingerprint density at radius 3 is 3.09 bits per heavy atom. The Bertz CT molecular complexity index is 612. The second kappa shape index (κ2) is 7.42. The van der Waals surface area contributed by atoms with E-state index in [0.29, 0.717) is 25.0 Å². The molecule has 3 heterocycles. The second-order valence-corrected chi connectivity index (χ2v) is 6.01. The number of aryl methyl sites for hydroxylation is 1. The summed E-state index contributed by atoms with van der Waals surface area (Å²) >= 11 is 0. The molecule has 23 heavy (non-hydrogen) atoms. The molecule has 0 bridgehead atoms. The smallest absolute Gasteiger partial charge is 0.223 e. The van der Waals surface area contributed by atoms with E-state index in [9.17, 15) is 9.90 Å². The average molecular weight is 314 g/mol. The third kappa shape index (κ3) is 3.99. The first-order valence-corrected chi connectivity index (χ1v) is 8.14. The molecule has 5 nitrogen and oxygen atoms in total. The maximum Gasteiger partial charge on any atom is 0.223 e. The molecule has 0 radical (unpaired) electrons. The molecule has 1 saturated heterocycles. The molecular formula is C18H22N2O3. The first-order chi connectivity index (χ1) is 11.2. The molecule has 1 N–H and O–H groups in total. The fraction of sp³-hybridized carbons (Fsp3) is 0.444. The van der Waals surface area contributed by atoms with Gasteiger partial charge in [-0.05, 0) is 43.0 Å². The zero-order valence-corrected chi connectivity index (χ0v) is 13.1. The van der Waals surface area contributed by atoms with E-state index in [-0.39, 0.29) is 11.9 Å². The van der Waals surface area contributed by atoms with E-state index >= 15 is 0 Å². The number of hydrogen-bond donors (Lipinski definition) is 1. The SMILES string of the molecule is O=C(CCc1cccnc1)N1CCCC1CC(O)c1ccco1. The van der Waals surface area contributed by atoms with Crippen molar-refractivity contribution in [3.05, 3.63) is 54.2 Å². The molecule has 1 aliphatic heterocycles. The third-order valence-corrected chi connectivity index (χ3v) is 4.41. The minimum absolute atomic E-state index is 0.0940. The largest absolute Gasteiger partial charge is 0.467 e. The van der Waals surface area contributed by atoms with Crippen molar-refractivity contribution in [2.45, 2.75) is 44.2 Å². The molecule has 5 heteroatoms. The fourth-order valence-electron chi connectivity index (χ4n) is 3.20. The van der Waals surface area contributed by atoms with Gasteiger partial charge in [0.15, 0.2) is 0 Å². The predicted octanol–water partition coefficient (Wildman–Crippen LogP) is 2.72. The zero-order valence-electron chi connectivity index (χ0n) is 13.1. The highest BCUT2D eigenvalue weighted by atomic mass is 16.4. The van der Waals surface area contributed by atoms with Crippen LogP contribution >= 0.6 is 0 Å². The van der Waals surface area contributed by atoms with Gasteiger partial charge < -0.3 is 14.4 Å². The molecule has 0 saturated carbocycles. The van der Waals surface area contributed by atoms with Crippen LogP contribution in [0.5, 0.6) is 0 Å². The van der Waals surface area contributed by atoms with E-state index in [4.69, 9.17) is 4.42 Å². The van der Waals surface area contributed by atoms with Crippen molar-refractivity contribution in [2.75, 3.05) is 6.54 Å². The highest BCUT2D eigenvalue weighted by molar-refractivity contribution is 5.77. The molecule has 0 aromatic carbocycles. The maximum atomic E-state index is 12.5. The van der Waals surface area contributed by atoms with Crippen LogP contribution in [0.3, 0.4) is 0 Å². The van der Waals surface area contributed by atoms with Crippen LogP contribution in [0, 0.1) is 0 Å². The van der Waals surface area contributed by atoms with Gasteiger partial charge in [0.05, 0.1) is 6.26 Å². The predicted molar refractivity (Wildman–Crippen MR) is 85.6 cm³/mol. The lowest BCUT2D eigenvalue weighted by Gasteiger charge is -2.26. The van der Waals surface area contributed by atoms with Gasteiger partial charge in [-0.3, -0.25) is 9.78 Å². The van der Waals surface area contributed by atoms with Crippen LogP contribution < -0.4 is 0 Å². The molecule has 3 rings (SSSR count). The topological polar surface area (TPSA) is 66.6 Å². The number of furan rings is 1. The monoisotopic (exact) mass is 314 g/mol. The fourth-order valence-corrected chi connectivity index (χ4v) is 3.20. The minimum atomic E-state index is -0.651. The first-order valence-electron chi connectivity index (χ1n) is 8.14. The number of rotatable bonds is 6. The maximum absolute atomic E-state index is 12.5. The molecule has 0 spiro atoms. The van der Waals surface area contributed by atoms with E-state index in [1.165, 1.54) is 0 Å². The van der Waals surface area contributed by atoms with Crippen LogP contribution in [0.4, 0.5) is 0 Å². The molecule has 122 valence electrons. The van der Waals surface area contributed by atoms with Crippen molar-refractivity contribution >= 4 is 5.91 Å². The highest BCUT2D eigenvalue weighted by Crippen LogP contribution is 2.28. The number of amides is 1. The summed E-state index contributed by atoms with van der Waals surface area (Å²) in [5.41, 5.74) is 1.08. The number of carbonyl (C=O) groups excluding carboxylic acids is 1. The van der Waals surface area contributed by atoms with Gasteiger partial charge in [0.25, 0.3) is 0 Å². The summed E-state index contributed by atoms with van der Waals surface area (Å²) in [7, 11) is 0. The molecule has 0 aliphatic carbocycles. The quantitative estimate of drug-likeness (QED) is 0.890. The Labute approximate surface area is 135 Å². The Morgan fingerprint density at radius 1 is 1.43 bits per heavy atom.